The second-order valence-electron chi connectivity index (χ2n) is 2.63. The average Bonchev–Trinajstić information content (AvgIpc) is 2.51. The Bertz CT molecular complexity index is 246. The van der Waals surface area contributed by atoms with Crippen molar-refractivity contribution in [3.63, 3.8) is 0 Å². The standard InChI is InChI=1S/C6H10N4O2/c1-4(6(11)12)2-3-5-7-9-10-8-5/h4H,2-3H2,1H3,(H,11,12)(H,7,8,9,10). The summed E-state index contributed by atoms with van der Waals surface area (Å²) in [6.07, 6.45) is 1.12. The average molecular weight is 170 g/mol. The number of aromatic amines is 1. The molecule has 0 fully saturated rings. The fourth-order valence-corrected chi connectivity index (χ4v) is 0.761. The SMILES string of the molecule is CC(CCc1nnn[nH]1)C(=O)O. The Morgan fingerprint density at radius 2 is 2.50 bits per heavy atom. The van der Waals surface area contributed by atoms with Crippen LogP contribution in [-0.2, 0) is 11.2 Å². The predicted molar refractivity (Wildman–Crippen MR) is 39.3 cm³/mol. The highest BCUT2D eigenvalue weighted by molar-refractivity contribution is 5.69. The summed E-state index contributed by atoms with van der Waals surface area (Å²) >= 11 is 0. The van der Waals surface area contributed by atoms with E-state index in [2.05, 4.69) is 20.6 Å². The van der Waals surface area contributed by atoms with Gasteiger partial charge in [-0.2, -0.15) is 0 Å². The highest BCUT2D eigenvalue weighted by Gasteiger charge is 2.11. The van der Waals surface area contributed by atoms with E-state index in [1.54, 1.807) is 6.92 Å². The van der Waals surface area contributed by atoms with Crippen molar-refractivity contribution in [2.45, 2.75) is 19.8 Å². The summed E-state index contributed by atoms with van der Waals surface area (Å²) in [4.78, 5) is 10.4. The van der Waals surface area contributed by atoms with Crippen LogP contribution in [0.1, 0.15) is 19.2 Å². The highest BCUT2D eigenvalue weighted by Crippen LogP contribution is 2.04. The molecule has 1 aromatic heterocycles. The lowest BCUT2D eigenvalue weighted by molar-refractivity contribution is -0.141. The first-order valence-electron chi connectivity index (χ1n) is 3.65. The van der Waals surface area contributed by atoms with E-state index in [0.29, 0.717) is 18.7 Å². The molecule has 1 unspecified atom stereocenters. The van der Waals surface area contributed by atoms with Gasteiger partial charge in [0.2, 0.25) is 0 Å². The van der Waals surface area contributed by atoms with Crippen LogP contribution in [0.25, 0.3) is 0 Å². The van der Waals surface area contributed by atoms with Crippen LogP contribution in [0, 0.1) is 5.92 Å². The van der Waals surface area contributed by atoms with E-state index in [0.717, 1.165) is 0 Å². The van der Waals surface area contributed by atoms with Crippen molar-refractivity contribution in [1.82, 2.24) is 20.6 Å². The number of aryl methyl sites for hydroxylation is 1. The molecule has 2 N–H and O–H groups in total. The number of aromatic nitrogens is 4. The van der Waals surface area contributed by atoms with Crippen LogP contribution in [0.3, 0.4) is 0 Å². The summed E-state index contributed by atoms with van der Waals surface area (Å²) in [5, 5.41) is 21.5. The number of carboxylic acids is 1. The molecule has 0 amide bonds. The van der Waals surface area contributed by atoms with Gasteiger partial charge in [-0.15, -0.1) is 5.10 Å². The molecule has 0 aliphatic carbocycles. The number of carboxylic acid groups (broad SMARTS) is 1. The van der Waals surface area contributed by atoms with Crippen LogP contribution < -0.4 is 0 Å². The zero-order valence-corrected chi connectivity index (χ0v) is 6.69. The number of rotatable bonds is 4. The number of nitrogens with zero attached hydrogens (tertiary/aromatic N) is 3. The molecule has 0 bridgehead atoms. The smallest absolute Gasteiger partial charge is 0.306 e. The zero-order valence-electron chi connectivity index (χ0n) is 6.69. The molecule has 0 aliphatic heterocycles. The number of carbonyl (C=O) groups is 1. The minimum Gasteiger partial charge on any atom is -0.481 e. The fourth-order valence-electron chi connectivity index (χ4n) is 0.761. The summed E-state index contributed by atoms with van der Waals surface area (Å²) in [6.45, 7) is 1.66. The van der Waals surface area contributed by atoms with Gasteiger partial charge in [0.1, 0.15) is 5.82 Å². The minimum absolute atomic E-state index is 0.352. The molecular weight excluding hydrogens is 160 g/mol. The number of aliphatic carboxylic acids is 1. The molecule has 1 heterocycles. The van der Waals surface area contributed by atoms with Crippen LogP contribution >= 0.6 is 0 Å². The number of hydrogen-bond acceptors (Lipinski definition) is 4. The van der Waals surface area contributed by atoms with E-state index >= 15 is 0 Å². The first-order chi connectivity index (χ1) is 5.70. The molecule has 1 aromatic rings. The second-order valence-corrected chi connectivity index (χ2v) is 2.63. The van der Waals surface area contributed by atoms with Gasteiger partial charge in [0.15, 0.2) is 0 Å². The molecule has 0 saturated carbocycles. The quantitative estimate of drug-likeness (QED) is 0.655. The van der Waals surface area contributed by atoms with E-state index in [9.17, 15) is 4.79 Å². The van der Waals surface area contributed by atoms with Crippen molar-refractivity contribution >= 4 is 5.97 Å². The van der Waals surface area contributed by atoms with Crippen molar-refractivity contribution in [3.05, 3.63) is 5.82 Å². The van der Waals surface area contributed by atoms with Gasteiger partial charge in [0.05, 0.1) is 5.92 Å². The lowest BCUT2D eigenvalue weighted by Gasteiger charge is -2.01. The number of nitrogens with one attached hydrogen (secondary N) is 1. The Kier molecular flexibility index (Phi) is 2.73. The predicted octanol–water partition coefficient (Wildman–Crippen LogP) is -0.147. The van der Waals surface area contributed by atoms with Gasteiger partial charge >= 0.3 is 5.97 Å². The van der Waals surface area contributed by atoms with Crippen LogP contribution in [-0.4, -0.2) is 31.7 Å². The monoisotopic (exact) mass is 170 g/mol. The van der Waals surface area contributed by atoms with Gasteiger partial charge in [0.25, 0.3) is 0 Å². The van der Waals surface area contributed by atoms with Crippen LogP contribution in [0.5, 0.6) is 0 Å². The molecule has 6 nitrogen and oxygen atoms in total. The van der Waals surface area contributed by atoms with Gasteiger partial charge in [-0.3, -0.25) is 4.79 Å². The third kappa shape index (κ3) is 2.30. The lowest BCUT2D eigenvalue weighted by atomic mass is 10.1. The van der Waals surface area contributed by atoms with Crippen LogP contribution in [0.2, 0.25) is 0 Å². The van der Waals surface area contributed by atoms with Crippen molar-refractivity contribution in [1.29, 1.82) is 0 Å². The molecule has 1 atom stereocenters. The summed E-state index contributed by atoms with van der Waals surface area (Å²) in [5.41, 5.74) is 0. The normalized spacial score (nSPS) is 12.8. The van der Waals surface area contributed by atoms with Gasteiger partial charge < -0.3 is 5.11 Å². The summed E-state index contributed by atoms with van der Waals surface area (Å²) in [6, 6.07) is 0. The molecular formula is C6H10N4O2. The Morgan fingerprint density at radius 1 is 1.75 bits per heavy atom. The Balaban J connectivity index is 2.31. The lowest BCUT2D eigenvalue weighted by Crippen LogP contribution is -2.10. The van der Waals surface area contributed by atoms with Gasteiger partial charge in [0, 0.05) is 6.42 Å². The molecule has 6 heteroatoms. The minimum atomic E-state index is -0.789. The third-order valence-electron chi connectivity index (χ3n) is 1.62. The number of tetrazole rings is 1. The van der Waals surface area contributed by atoms with E-state index < -0.39 is 5.97 Å². The fraction of sp³-hybridized carbons (Fsp3) is 0.667. The molecule has 12 heavy (non-hydrogen) atoms. The molecule has 0 radical (unpaired) electrons. The maximum Gasteiger partial charge on any atom is 0.306 e. The molecule has 1 rings (SSSR count). The third-order valence-corrected chi connectivity index (χ3v) is 1.62. The summed E-state index contributed by atoms with van der Waals surface area (Å²) in [7, 11) is 0. The Labute approximate surface area is 69.0 Å². The van der Waals surface area contributed by atoms with E-state index in [4.69, 9.17) is 5.11 Å². The summed E-state index contributed by atoms with van der Waals surface area (Å²) < 4.78 is 0. The number of hydrogen-bond donors (Lipinski definition) is 2. The van der Waals surface area contributed by atoms with Crippen LogP contribution in [0.4, 0.5) is 0 Å². The first kappa shape index (κ1) is 8.63. The molecule has 0 aliphatic rings. The van der Waals surface area contributed by atoms with Crippen molar-refractivity contribution < 1.29 is 9.90 Å². The highest BCUT2D eigenvalue weighted by atomic mass is 16.4. The van der Waals surface area contributed by atoms with Gasteiger partial charge in [-0.05, 0) is 16.8 Å². The van der Waals surface area contributed by atoms with E-state index in [1.807, 2.05) is 0 Å². The van der Waals surface area contributed by atoms with Gasteiger partial charge in [-0.25, -0.2) is 5.10 Å². The first-order valence-corrected chi connectivity index (χ1v) is 3.65. The number of H-pyrrole nitrogens is 1. The topological polar surface area (TPSA) is 91.8 Å². The molecule has 0 aromatic carbocycles. The molecule has 66 valence electrons. The maximum atomic E-state index is 10.4. The Morgan fingerprint density at radius 3 is 3.00 bits per heavy atom. The van der Waals surface area contributed by atoms with Crippen molar-refractivity contribution in [2.75, 3.05) is 0 Å². The zero-order chi connectivity index (χ0) is 8.97. The summed E-state index contributed by atoms with van der Waals surface area (Å²) in [5.74, 6) is -0.513. The van der Waals surface area contributed by atoms with Crippen LogP contribution in [0.15, 0.2) is 0 Å². The second kappa shape index (κ2) is 3.80. The van der Waals surface area contributed by atoms with E-state index in [1.165, 1.54) is 0 Å². The maximum absolute atomic E-state index is 10.4. The largest absolute Gasteiger partial charge is 0.481 e. The molecule has 0 saturated heterocycles. The van der Waals surface area contributed by atoms with Crippen molar-refractivity contribution in [3.8, 4) is 0 Å². The van der Waals surface area contributed by atoms with Gasteiger partial charge in [-0.1, -0.05) is 6.92 Å². The van der Waals surface area contributed by atoms with E-state index in [-0.39, 0.29) is 5.92 Å². The Hall–Kier alpha value is -1.46. The molecule has 0 spiro atoms. The van der Waals surface area contributed by atoms with Crippen molar-refractivity contribution in [2.24, 2.45) is 5.92 Å².